The first-order chi connectivity index (χ1) is 8.67. The van der Waals surface area contributed by atoms with E-state index >= 15 is 0 Å². The van der Waals surface area contributed by atoms with Crippen molar-refractivity contribution in [3.05, 3.63) is 11.1 Å². The molecule has 1 rings (SSSR count). The van der Waals surface area contributed by atoms with E-state index in [1.807, 2.05) is 19.4 Å². The highest BCUT2D eigenvalue weighted by Gasteiger charge is 2.09. The van der Waals surface area contributed by atoms with Gasteiger partial charge in [0.1, 0.15) is 0 Å². The van der Waals surface area contributed by atoms with E-state index < -0.39 is 0 Å². The summed E-state index contributed by atoms with van der Waals surface area (Å²) < 4.78 is 0. The van der Waals surface area contributed by atoms with Crippen molar-refractivity contribution in [3.63, 3.8) is 0 Å². The van der Waals surface area contributed by atoms with Gasteiger partial charge in [-0.15, -0.1) is 11.3 Å². The monoisotopic (exact) mass is 269 g/mol. The van der Waals surface area contributed by atoms with Gasteiger partial charge in [-0.2, -0.15) is 0 Å². The molecule has 1 aromatic heterocycles. The third-order valence-electron chi connectivity index (χ3n) is 2.90. The fourth-order valence-electron chi connectivity index (χ4n) is 1.58. The zero-order chi connectivity index (χ0) is 13.4. The van der Waals surface area contributed by atoms with Gasteiger partial charge in [0.25, 0.3) is 0 Å². The van der Waals surface area contributed by atoms with Crippen molar-refractivity contribution >= 4 is 22.4 Å². The van der Waals surface area contributed by atoms with Gasteiger partial charge >= 0.3 is 0 Å². The standard InChI is InChI=1S/C13H23N3OS/c1-4-5-6-7-8-12(17)16-13-15-11(9-18-13)10(2)14-3/h9-10,14H,4-8H2,1-3H3,(H,15,16,17). The maximum Gasteiger partial charge on any atom is 0.226 e. The Morgan fingerprint density at radius 3 is 2.89 bits per heavy atom. The van der Waals surface area contributed by atoms with Crippen LogP contribution < -0.4 is 10.6 Å². The molecule has 1 amide bonds. The highest BCUT2D eigenvalue weighted by molar-refractivity contribution is 7.13. The molecule has 4 nitrogen and oxygen atoms in total. The number of aromatic nitrogens is 1. The summed E-state index contributed by atoms with van der Waals surface area (Å²) in [6, 6.07) is 0.219. The maximum atomic E-state index is 11.7. The van der Waals surface area contributed by atoms with Crippen LogP contribution in [0.25, 0.3) is 0 Å². The van der Waals surface area contributed by atoms with Crippen LogP contribution in [0.15, 0.2) is 5.38 Å². The maximum absolute atomic E-state index is 11.7. The number of carbonyl (C=O) groups excluding carboxylic acids is 1. The third-order valence-corrected chi connectivity index (χ3v) is 3.68. The lowest BCUT2D eigenvalue weighted by atomic mass is 10.1. The number of amides is 1. The first-order valence-electron chi connectivity index (χ1n) is 6.60. The number of unbranched alkanes of at least 4 members (excludes halogenated alkanes) is 3. The molecule has 0 aliphatic heterocycles. The smallest absolute Gasteiger partial charge is 0.226 e. The molecule has 0 fully saturated rings. The van der Waals surface area contributed by atoms with E-state index in [0.29, 0.717) is 11.6 Å². The van der Waals surface area contributed by atoms with Crippen molar-refractivity contribution in [1.29, 1.82) is 0 Å². The minimum atomic E-state index is 0.0733. The minimum Gasteiger partial charge on any atom is -0.312 e. The second-order valence-corrected chi connectivity index (χ2v) is 5.30. The van der Waals surface area contributed by atoms with Crippen LogP contribution in [0.2, 0.25) is 0 Å². The predicted molar refractivity (Wildman–Crippen MR) is 77.0 cm³/mol. The molecule has 0 bridgehead atoms. The second-order valence-electron chi connectivity index (χ2n) is 4.45. The van der Waals surface area contributed by atoms with Crippen LogP contribution in [0.4, 0.5) is 5.13 Å². The number of anilines is 1. The number of hydrogen-bond acceptors (Lipinski definition) is 4. The van der Waals surface area contributed by atoms with Crippen LogP contribution in [-0.4, -0.2) is 17.9 Å². The number of thiazole rings is 1. The number of hydrogen-bond donors (Lipinski definition) is 2. The summed E-state index contributed by atoms with van der Waals surface area (Å²) in [5, 5.41) is 8.67. The second kappa shape index (κ2) is 8.21. The largest absolute Gasteiger partial charge is 0.312 e. The average Bonchev–Trinajstić information content (AvgIpc) is 2.82. The van der Waals surface area contributed by atoms with Gasteiger partial charge < -0.3 is 10.6 Å². The molecule has 1 atom stereocenters. The zero-order valence-electron chi connectivity index (χ0n) is 11.5. The van der Waals surface area contributed by atoms with Gasteiger partial charge in [-0.05, 0) is 20.4 Å². The van der Waals surface area contributed by atoms with Crippen LogP contribution in [0.5, 0.6) is 0 Å². The SMILES string of the molecule is CCCCCCC(=O)Nc1nc(C(C)NC)cs1. The normalized spacial score (nSPS) is 12.4. The van der Waals surface area contributed by atoms with E-state index in [1.54, 1.807) is 0 Å². The molecule has 0 saturated heterocycles. The average molecular weight is 269 g/mol. The van der Waals surface area contributed by atoms with Crippen LogP contribution >= 0.6 is 11.3 Å². The Bertz CT molecular complexity index is 365. The summed E-state index contributed by atoms with van der Waals surface area (Å²) in [4.78, 5) is 16.1. The molecule has 0 aliphatic rings. The topological polar surface area (TPSA) is 54.0 Å². The molecule has 5 heteroatoms. The molecule has 0 aromatic carbocycles. The summed E-state index contributed by atoms with van der Waals surface area (Å²) in [6.45, 7) is 4.21. The van der Waals surface area contributed by atoms with Crippen molar-refractivity contribution in [2.45, 2.75) is 52.0 Å². The molecule has 0 radical (unpaired) electrons. The fraction of sp³-hybridized carbons (Fsp3) is 0.692. The lowest BCUT2D eigenvalue weighted by Gasteiger charge is -2.05. The number of nitrogens with one attached hydrogen (secondary N) is 2. The Morgan fingerprint density at radius 2 is 2.22 bits per heavy atom. The minimum absolute atomic E-state index is 0.0733. The van der Waals surface area contributed by atoms with E-state index in [2.05, 4.69) is 22.5 Å². The molecule has 0 saturated carbocycles. The quantitative estimate of drug-likeness (QED) is 0.712. The molecule has 0 spiro atoms. The van der Waals surface area contributed by atoms with E-state index in [-0.39, 0.29) is 11.9 Å². The Kier molecular flexibility index (Phi) is 6.90. The highest BCUT2D eigenvalue weighted by Crippen LogP contribution is 2.20. The molecule has 1 heterocycles. The summed E-state index contributed by atoms with van der Waals surface area (Å²) in [6.07, 6.45) is 5.08. The Labute approximate surface area is 113 Å². The number of nitrogens with zero attached hydrogens (tertiary/aromatic N) is 1. The highest BCUT2D eigenvalue weighted by atomic mass is 32.1. The number of carbonyl (C=O) groups is 1. The van der Waals surface area contributed by atoms with Crippen LogP contribution in [0, 0.1) is 0 Å². The van der Waals surface area contributed by atoms with E-state index in [1.165, 1.54) is 24.2 Å². The first kappa shape index (κ1) is 15.1. The summed E-state index contributed by atoms with van der Waals surface area (Å²) >= 11 is 1.48. The van der Waals surface area contributed by atoms with Crippen LogP contribution in [0.1, 0.15) is 57.7 Å². The Hall–Kier alpha value is -0.940. The Balaban J connectivity index is 2.33. The molecular formula is C13H23N3OS. The van der Waals surface area contributed by atoms with Gasteiger partial charge in [0, 0.05) is 17.8 Å². The first-order valence-corrected chi connectivity index (χ1v) is 7.47. The van der Waals surface area contributed by atoms with E-state index in [0.717, 1.165) is 18.5 Å². The fourth-order valence-corrected chi connectivity index (χ4v) is 2.40. The lowest BCUT2D eigenvalue weighted by Crippen LogP contribution is -2.14. The van der Waals surface area contributed by atoms with E-state index in [9.17, 15) is 4.79 Å². The Morgan fingerprint density at radius 1 is 1.44 bits per heavy atom. The van der Waals surface area contributed by atoms with Gasteiger partial charge in [0.05, 0.1) is 5.69 Å². The van der Waals surface area contributed by atoms with Crippen molar-refractivity contribution in [2.75, 3.05) is 12.4 Å². The molecule has 1 unspecified atom stereocenters. The van der Waals surface area contributed by atoms with Gasteiger partial charge in [0.2, 0.25) is 5.91 Å². The summed E-state index contributed by atoms with van der Waals surface area (Å²) in [7, 11) is 1.90. The molecule has 18 heavy (non-hydrogen) atoms. The number of rotatable bonds is 8. The van der Waals surface area contributed by atoms with Crippen molar-refractivity contribution in [2.24, 2.45) is 0 Å². The van der Waals surface area contributed by atoms with Crippen molar-refractivity contribution < 1.29 is 4.79 Å². The molecule has 2 N–H and O–H groups in total. The van der Waals surface area contributed by atoms with E-state index in [4.69, 9.17) is 0 Å². The van der Waals surface area contributed by atoms with Crippen molar-refractivity contribution in [3.8, 4) is 0 Å². The lowest BCUT2D eigenvalue weighted by molar-refractivity contribution is -0.116. The molecule has 1 aromatic rings. The predicted octanol–water partition coefficient (Wildman–Crippen LogP) is 3.33. The molecule has 0 aliphatic carbocycles. The van der Waals surface area contributed by atoms with Gasteiger partial charge in [-0.1, -0.05) is 26.2 Å². The van der Waals surface area contributed by atoms with Gasteiger partial charge in [-0.3, -0.25) is 4.79 Å². The third kappa shape index (κ3) is 5.14. The molecular weight excluding hydrogens is 246 g/mol. The van der Waals surface area contributed by atoms with Crippen molar-refractivity contribution in [1.82, 2.24) is 10.3 Å². The summed E-state index contributed by atoms with van der Waals surface area (Å²) in [5.41, 5.74) is 0.976. The zero-order valence-corrected chi connectivity index (χ0v) is 12.3. The van der Waals surface area contributed by atoms with Crippen LogP contribution in [-0.2, 0) is 4.79 Å². The van der Waals surface area contributed by atoms with Crippen LogP contribution in [0.3, 0.4) is 0 Å². The van der Waals surface area contributed by atoms with Gasteiger partial charge in [0.15, 0.2) is 5.13 Å². The molecule has 102 valence electrons. The summed E-state index contributed by atoms with van der Waals surface area (Å²) in [5.74, 6) is 0.0733. The van der Waals surface area contributed by atoms with Gasteiger partial charge in [-0.25, -0.2) is 4.98 Å².